The largest absolute Gasteiger partial charge is 0.478 e. The maximum Gasteiger partial charge on any atom is 0.338 e. The highest BCUT2D eigenvalue weighted by molar-refractivity contribution is 8.00. The first-order chi connectivity index (χ1) is 18.1. The fourth-order valence-electron chi connectivity index (χ4n) is 3.76. The Bertz CT molecular complexity index is 1440. The number of aromatic carboxylic acids is 1. The highest BCUT2D eigenvalue weighted by Gasteiger charge is 2.40. The molecule has 4 N–H and O–H groups in total. The minimum atomic E-state index is -1.14. The summed E-state index contributed by atoms with van der Waals surface area (Å²) in [5.74, 6) is -3.28. The van der Waals surface area contributed by atoms with Crippen LogP contribution in [0.5, 0.6) is 0 Å². The van der Waals surface area contributed by atoms with Crippen molar-refractivity contribution in [2.24, 2.45) is 0 Å². The summed E-state index contributed by atoms with van der Waals surface area (Å²) in [6.07, 6.45) is 0.0338. The number of carboxylic acids is 1. The molecule has 10 nitrogen and oxygen atoms in total. The zero-order chi connectivity index (χ0) is 27.4. The molecule has 3 aromatic rings. The van der Waals surface area contributed by atoms with Crippen LogP contribution in [0.1, 0.15) is 32.7 Å². The molecule has 1 aliphatic rings. The molecule has 1 saturated heterocycles. The molecular formula is C27H23N3O7S. The molecule has 3 amide bonds. The number of carbonyl (C=O) groups excluding carboxylic acids is 4. The Hall–Kier alpha value is -4.64. The van der Waals surface area contributed by atoms with Crippen molar-refractivity contribution in [3.63, 3.8) is 0 Å². The summed E-state index contributed by atoms with van der Waals surface area (Å²) in [6, 6.07) is 17.1. The molecule has 1 atom stereocenters. The van der Waals surface area contributed by atoms with Crippen LogP contribution in [0, 0.1) is 6.92 Å². The van der Waals surface area contributed by atoms with E-state index in [1.165, 1.54) is 48.2 Å². The average molecular weight is 534 g/mol. The van der Waals surface area contributed by atoms with E-state index in [-0.39, 0.29) is 29.4 Å². The third-order valence-corrected chi connectivity index (χ3v) is 6.87. The summed E-state index contributed by atoms with van der Waals surface area (Å²) in [6.45, 7) is 1.10. The van der Waals surface area contributed by atoms with Crippen molar-refractivity contribution in [1.29, 1.82) is 0 Å². The normalized spacial score (nSPS) is 14.9. The molecule has 0 saturated carbocycles. The zero-order valence-corrected chi connectivity index (χ0v) is 21.0. The summed E-state index contributed by atoms with van der Waals surface area (Å²) in [4.78, 5) is 63.2. The summed E-state index contributed by atoms with van der Waals surface area (Å²) in [5.41, 5.74) is 7.74. The fourth-order valence-corrected chi connectivity index (χ4v) is 4.88. The quantitative estimate of drug-likeness (QED) is 0.224. The Labute approximate surface area is 221 Å². The number of esters is 1. The minimum Gasteiger partial charge on any atom is -0.478 e. The minimum absolute atomic E-state index is 0.00706. The molecule has 4 rings (SSSR count). The number of aryl methyl sites for hydroxylation is 1. The predicted molar refractivity (Wildman–Crippen MR) is 141 cm³/mol. The van der Waals surface area contributed by atoms with Gasteiger partial charge in [-0.2, -0.15) is 0 Å². The van der Waals surface area contributed by atoms with Crippen molar-refractivity contribution >= 4 is 58.5 Å². The van der Waals surface area contributed by atoms with Crippen LogP contribution in [0.2, 0.25) is 0 Å². The highest BCUT2D eigenvalue weighted by Crippen LogP contribution is 2.34. The summed E-state index contributed by atoms with van der Waals surface area (Å²) >= 11 is 1.26. The van der Waals surface area contributed by atoms with E-state index in [2.05, 4.69) is 5.32 Å². The number of anilines is 3. The molecule has 1 fully saturated rings. The van der Waals surface area contributed by atoms with Gasteiger partial charge in [0.25, 0.3) is 5.91 Å². The number of thioether (sulfide) groups is 1. The van der Waals surface area contributed by atoms with Crippen molar-refractivity contribution in [3.05, 3.63) is 83.4 Å². The van der Waals surface area contributed by atoms with Gasteiger partial charge in [0.2, 0.25) is 11.8 Å². The van der Waals surface area contributed by atoms with E-state index < -0.39 is 29.7 Å². The Morgan fingerprint density at radius 2 is 1.76 bits per heavy atom. The van der Waals surface area contributed by atoms with E-state index in [4.69, 9.17) is 15.6 Å². The molecule has 0 aliphatic carbocycles. The van der Waals surface area contributed by atoms with Crippen LogP contribution in [0.4, 0.5) is 17.1 Å². The van der Waals surface area contributed by atoms with Gasteiger partial charge in [0, 0.05) is 22.7 Å². The highest BCUT2D eigenvalue weighted by atomic mass is 32.2. The number of nitrogen functional groups attached to an aromatic ring is 1. The lowest BCUT2D eigenvalue weighted by Gasteiger charge is -2.15. The van der Waals surface area contributed by atoms with Gasteiger partial charge in [-0.15, -0.1) is 11.8 Å². The molecule has 194 valence electrons. The predicted octanol–water partition coefficient (Wildman–Crippen LogP) is 3.50. The van der Waals surface area contributed by atoms with Crippen LogP contribution in [-0.4, -0.2) is 46.6 Å². The molecule has 38 heavy (non-hydrogen) atoms. The topological polar surface area (TPSA) is 156 Å². The maximum absolute atomic E-state index is 12.9. The monoisotopic (exact) mass is 533 g/mol. The molecule has 0 aromatic heterocycles. The molecule has 0 radical (unpaired) electrons. The number of amides is 3. The first kappa shape index (κ1) is 26.4. The van der Waals surface area contributed by atoms with Crippen LogP contribution in [0.25, 0.3) is 0 Å². The van der Waals surface area contributed by atoms with Crippen LogP contribution in [0.15, 0.2) is 71.6 Å². The maximum atomic E-state index is 12.9. The number of carboxylic acid groups (broad SMARTS) is 1. The molecule has 1 heterocycles. The van der Waals surface area contributed by atoms with Crippen LogP contribution in [0.3, 0.4) is 0 Å². The van der Waals surface area contributed by atoms with Crippen molar-refractivity contribution in [1.82, 2.24) is 0 Å². The van der Waals surface area contributed by atoms with Crippen molar-refractivity contribution in [3.8, 4) is 0 Å². The Morgan fingerprint density at radius 1 is 1.05 bits per heavy atom. The number of rotatable bonds is 8. The Morgan fingerprint density at radius 3 is 2.45 bits per heavy atom. The molecule has 0 bridgehead atoms. The van der Waals surface area contributed by atoms with E-state index in [1.807, 2.05) is 6.07 Å². The van der Waals surface area contributed by atoms with E-state index >= 15 is 0 Å². The second-order valence-electron chi connectivity index (χ2n) is 8.46. The SMILES string of the molecule is Cc1ccc(C(=O)O)cc1NC(=O)COC(=O)c1ccc(N2C(=O)CC(Sc3cccc(N)c3)C2=O)cc1. The second-order valence-corrected chi connectivity index (χ2v) is 9.73. The van der Waals surface area contributed by atoms with Crippen molar-refractivity contribution in [2.45, 2.75) is 23.5 Å². The van der Waals surface area contributed by atoms with E-state index in [9.17, 15) is 24.0 Å². The van der Waals surface area contributed by atoms with Crippen molar-refractivity contribution in [2.75, 3.05) is 22.6 Å². The Kier molecular flexibility index (Phi) is 7.77. The van der Waals surface area contributed by atoms with Gasteiger partial charge < -0.3 is 20.9 Å². The number of nitrogens with one attached hydrogen (secondary N) is 1. The lowest BCUT2D eigenvalue weighted by molar-refractivity contribution is -0.121. The number of nitrogens with two attached hydrogens (primary N) is 1. The number of benzene rings is 3. The third-order valence-electron chi connectivity index (χ3n) is 5.70. The summed E-state index contributed by atoms with van der Waals surface area (Å²) in [7, 11) is 0. The number of hydrogen-bond donors (Lipinski definition) is 3. The zero-order valence-electron chi connectivity index (χ0n) is 20.2. The van der Waals surface area contributed by atoms with E-state index in [0.717, 1.165) is 9.80 Å². The second kappa shape index (κ2) is 11.2. The Balaban J connectivity index is 1.35. The van der Waals surface area contributed by atoms with Gasteiger partial charge in [0.1, 0.15) is 0 Å². The molecule has 1 unspecified atom stereocenters. The summed E-state index contributed by atoms with van der Waals surface area (Å²) < 4.78 is 5.05. The number of ether oxygens (including phenoxy) is 1. The van der Waals surface area contributed by atoms with Gasteiger partial charge in [-0.05, 0) is 67.1 Å². The van der Waals surface area contributed by atoms with Gasteiger partial charge in [-0.1, -0.05) is 12.1 Å². The lowest BCUT2D eigenvalue weighted by Crippen LogP contribution is -2.31. The standard InChI is InChI=1S/C27H23N3O7S/c1-15-5-6-17(26(34)35)11-21(15)29-23(31)14-37-27(36)16-7-9-19(10-8-16)30-24(32)13-22(25(30)33)38-20-4-2-3-18(28)12-20/h2-12,22H,13-14,28H2,1H3,(H,29,31)(H,34,35). The lowest BCUT2D eigenvalue weighted by atomic mass is 10.1. The van der Waals surface area contributed by atoms with Gasteiger partial charge in [0.05, 0.1) is 22.1 Å². The number of carbonyl (C=O) groups is 5. The van der Waals surface area contributed by atoms with Gasteiger partial charge in [-0.25, -0.2) is 14.5 Å². The van der Waals surface area contributed by atoms with Crippen LogP contribution < -0.4 is 16.0 Å². The number of hydrogen-bond acceptors (Lipinski definition) is 8. The molecular weight excluding hydrogens is 510 g/mol. The average Bonchev–Trinajstić information content (AvgIpc) is 3.16. The molecule has 0 spiro atoms. The first-order valence-electron chi connectivity index (χ1n) is 11.4. The van der Waals surface area contributed by atoms with E-state index in [0.29, 0.717) is 22.6 Å². The molecule has 3 aromatic carbocycles. The van der Waals surface area contributed by atoms with Gasteiger partial charge >= 0.3 is 11.9 Å². The van der Waals surface area contributed by atoms with Gasteiger partial charge in [0.15, 0.2) is 6.61 Å². The number of imide groups is 1. The van der Waals surface area contributed by atoms with E-state index in [1.54, 1.807) is 31.2 Å². The smallest absolute Gasteiger partial charge is 0.338 e. The number of nitrogens with zero attached hydrogens (tertiary/aromatic N) is 1. The van der Waals surface area contributed by atoms with Crippen LogP contribution >= 0.6 is 11.8 Å². The van der Waals surface area contributed by atoms with Crippen LogP contribution in [-0.2, 0) is 19.1 Å². The third kappa shape index (κ3) is 6.01. The molecule has 1 aliphatic heterocycles. The molecule has 11 heteroatoms. The first-order valence-corrected chi connectivity index (χ1v) is 12.3. The summed E-state index contributed by atoms with van der Waals surface area (Å²) in [5, 5.41) is 11.0. The van der Waals surface area contributed by atoms with Crippen molar-refractivity contribution < 1.29 is 33.8 Å². The fraction of sp³-hybridized carbons (Fsp3) is 0.148. The van der Waals surface area contributed by atoms with Gasteiger partial charge in [-0.3, -0.25) is 14.4 Å².